The fourth-order valence-corrected chi connectivity index (χ4v) is 1.31. The molecule has 13 heavy (non-hydrogen) atoms. The van der Waals surface area contributed by atoms with Gasteiger partial charge in [-0.3, -0.25) is 9.36 Å². The summed E-state index contributed by atoms with van der Waals surface area (Å²) in [6, 6.07) is 0.326. The van der Waals surface area contributed by atoms with Crippen LogP contribution in [0.2, 0.25) is 0 Å². The molecule has 1 heterocycles. The van der Waals surface area contributed by atoms with Crippen LogP contribution in [0.5, 0.6) is 0 Å². The first-order chi connectivity index (χ1) is 6.33. The van der Waals surface area contributed by atoms with Crippen LogP contribution in [0.4, 0.5) is 0 Å². The SMILES string of the molecule is O=CCc1cncn(C2CC2)c1=O. The Labute approximate surface area is 75.2 Å². The molecule has 2 rings (SSSR count). The first-order valence-corrected chi connectivity index (χ1v) is 4.31. The molecule has 1 aliphatic carbocycles. The number of hydrogen-bond acceptors (Lipinski definition) is 3. The van der Waals surface area contributed by atoms with Gasteiger partial charge in [0.1, 0.15) is 6.29 Å². The topological polar surface area (TPSA) is 52.0 Å². The minimum absolute atomic E-state index is 0.0652. The van der Waals surface area contributed by atoms with E-state index in [1.807, 2.05) is 0 Å². The molecule has 0 spiro atoms. The van der Waals surface area contributed by atoms with E-state index in [0.29, 0.717) is 11.6 Å². The summed E-state index contributed by atoms with van der Waals surface area (Å²) in [4.78, 5) is 25.8. The second-order valence-corrected chi connectivity index (χ2v) is 3.23. The summed E-state index contributed by atoms with van der Waals surface area (Å²) < 4.78 is 1.62. The predicted molar refractivity (Wildman–Crippen MR) is 46.5 cm³/mol. The lowest BCUT2D eigenvalue weighted by Crippen LogP contribution is -2.23. The summed E-state index contributed by atoms with van der Waals surface area (Å²) in [6.07, 6.45) is 6.01. The molecule has 1 fully saturated rings. The third-order valence-electron chi connectivity index (χ3n) is 2.17. The molecule has 0 aliphatic heterocycles. The first-order valence-electron chi connectivity index (χ1n) is 4.31. The summed E-state index contributed by atoms with van der Waals surface area (Å²) >= 11 is 0. The van der Waals surface area contributed by atoms with Crippen molar-refractivity contribution in [3.05, 3.63) is 28.4 Å². The van der Waals surface area contributed by atoms with Gasteiger partial charge in [0.05, 0.1) is 6.33 Å². The van der Waals surface area contributed by atoms with Gasteiger partial charge in [0.15, 0.2) is 0 Å². The van der Waals surface area contributed by atoms with E-state index >= 15 is 0 Å². The fourth-order valence-electron chi connectivity index (χ4n) is 1.31. The molecule has 4 nitrogen and oxygen atoms in total. The Morgan fingerprint density at radius 2 is 2.38 bits per heavy atom. The van der Waals surface area contributed by atoms with Crippen LogP contribution in [-0.4, -0.2) is 15.8 Å². The van der Waals surface area contributed by atoms with Crippen LogP contribution in [0, 0.1) is 0 Å². The lowest BCUT2D eigenvalue weighted by atomic mass is 10.2. The van der Waals surface area contributed by atoms with E-state index in [0.717, 1.165) is 19.1 Å². The minimum atomic E-state index is -0.0652. The largest absolute Gasteiger partial charge is 0.303 e. The van der Waals surface area contributed by atoms with Crippen LogP contribution >= 0.6 is 0 Å². The number of aldehydes is 1. The van der Waals surface area contributed by atoms with E-state index in [9.17, 15) is 9.59 Å². The summed E-state index contributed by atoms with van der Waals surface area (Å²) in [5.74, 6) is 0. The Kier molecular flexibility index (Phi) is 1.96. The summed E-state index contributed by atoms with van der Waals surface area (Å²) in [5.41, 5.74) is 0.425. The van der Waals surface area contributed by atoms with Crippen molar-refractivity contribution in [1.29, 1.82) is 0 Å². The molecule has 4 heteroatoms. The first kappa shape index (κ1) is 8.16. The quantitative estimate of drug-likeness (QED) is 0.626. The second kappa shape index (κ2) is 3.12. The van der Waals surface area contributed by atoms with E-state index < -0.39 is 0 Å². The molecular formula is C9H10N2O2. The summed E-state index contributed by atoms with van der Waals surface area (Å²) in [5, 5.41) is 0. The van der Waals surface area contributed by atoms with E-state index in [4.69, 9.17) is 0 Å². The third-order valence-corrected chi connectivity index (χ3v) is 2.17. The zero-order valence-corrected chi connectivity index (χ0v) is 7.14. The van der Waals surface area contributed by atoms with Crippen LogP contribution in [-0.2, 0) is 11.2 Å². The van der Waals surface area contributed by atoms with E-state index in [2.05, 4.69) is 4.98 Å². The molecule has 1 aromatic rings. The van der Waals surface area contributed by atoms with Crippen molar-refractivity contribution in [3.8, 4) is 0 Å². The molecule has 1 aliphatic rings. The predicted octanol–water partition coefficient (Wildman–Crippen LogP) is 0.320. The normalized spacial score (nSPS) is 15.7. The molecule has 0 amide bonds. The molecule has 0 unspecified atom stereocenters. The zero-order valence-electron chi connectivity index (χ0n) is 7.14. The van der Waals surface area contributed by atoms with Gasteiger partial charge in [0, 0.05) is 24.2 Å². The zero-order chi connectivity index (χ0) is 9.26. The van der Waals surface area contributed by atoms with Gasteiger partial charge in [0.25, 0.3) is 5.56 Å². The monoisotopic (exact) mass is 178 g/mol. The Hall–Kier alpha value is -1.45. The van der Waals surface area contributed by atoms with Gasteiger partial charge in [0.2, 0.25) is 0 Å². The lowest BCUT2D eigenvalue weighted by molar-refractivity contribution is -0.107. The number of nitrogens with zero attached hydrogens (tertiary/aromatic N) is 2. The summed E-state index contributed by atoms with van der Waals surface area (Å²) in [7, 11) is 0. The average Bonchev–Trinajstić information content (AvgIpc) is 2.92. The Bertz CT molecular complexity index is 379. The molecule has 0 atom stereocenters. The van der Waals surface area contributed by atoms with E-state index in [1.165, 1.54) is 6.20 Å². The van der Waals surface area contributed by atoms with Crippen LogP contribution in [0.15, 0.2) is 17.3 Å². The maximum absolute atomic E-state index is 11.6. The van der Waals surface area contributed by atoms with Gasteiger partial charge < -0.3 is 4.79 Å². The van der Waals surface area contributed by atoms with Gasteiger partial charge in [-0.2, -0.15) is 0 Å². The number of carbonyl (C=O) groups excluding carboxylic acids is 1. The Balaban J connectivity index is 2.41. The van der Waals surface area contributed by atoms with Gasteiger partial charge in [-0.15, -0.1) is 0 Å². The number of carbonyl (C=O) groups is 1. The fraction of sp³-hybridized carbons (Fsp3) is 0.444. The number of hydrogen-bond donors (Lipinski definition) is 0. The minimum Gasteiger partial charge on any atom is -0.303 e. The molecular weight excluding hydrogens is 168 g/mol. The van der Waals surface area contributed by atoms with Crippen LogP contribution in [0.25, 0.3) is 0 Å². The number of rotatable bonds is 3. The highest BCUT2D eigenvalue weighted by Gasteiger charge is 2.24. The van der Waals surface area contributed by atoms with Crippen molar-refractivity contribution in [2.75, 3.05) is 0 Å². The molecule has 1 aromatic heterocycles. The van der Waals surface area contributed by atoms with Crippen LogP contribution in [0.1, 0.15) is 24.4 Å². The standard InChI is InChI=1S/C9H10N2O2/c12-4-3-7-5-10-6-11(9(7)13)8-1-2-8/h4-6,8H,1-3H2. The molecule has 0 aromatic carbocycles. The highest BCUT2D eigenvalue weighted by molar-refractivity contribution is 5.54. The van der Waals surface area contributed by atoms with Crippen molar-refractivity contribution in [3.63, 3.8) is 0 Å². The second-order valence-electron chi connectivity index (χ2n) is 3.23. The lowest BCUT2D eigenvalue weighted by Gasteiger charge is -2.02. The smallest absolute Gasteiger partial charge is 0.257 e. The van der Waals surface area contributed by atoms with Gasteiger partial charge in [-0.05, 0) is 12.8 Å². The van der Waals surface area contributed by atoms with Gasteiger partial charge >= 0.3 is 0 Å². The maximum Gasteiger partial charge on any atom is 0.257 e. The van der Waals surface area contributed by atoms with Crippen LogP contribution in [0.3, 0.4) is 0 Å². The van der Waals surface area contributed by atoms with Crippen molar-refractivity contribution in [1.82, 2.24) is 9.55 Å². The average molecular weight is 178 g/mol. The van der Waals surface area contributed by atoms with Crippen molar-refractivity contribution >= 4 is 6.29 Å². The van der Waals surface area contributed by atoms with Crippen molar-refractivity contribution in [2.24, 2.45) is 0 Å². The Morgan fingerprint density at radius 3 is 3.00 bits per heavy atom. The highest BCUT2D eigenvalue weighted by atomic mass is 16.1. The van der Waals surface area contributed by atoms with Crippen LogP contribution < -0.4 is 5.56 Å². The third kappa shape index (κ3) is 1.52. The summed E-state index contributed by atoms with van der Waals surface area (Å²) in [6.45, 7) is 0. The van der Waals surface area contributed by atoms with Crippen molar-refractivity contribution < 1.29 is 4.79 Å². The Morgan fingerprint density at radius 1 is 1.62 bits per heavy atom. The molecule has 0 saturated heterocycles. The molecule has 0 N–H and O–H groups in total. The van der Waals surface area contributed by atoms with E-state index in [1.54, 1.807) is 10.9 Å². The van der Waals surface area contributed by atoms with E-state index in [-0.39, 0.29) is 12.0 Å². The van der Waals surface area contributed by atoms with Crippen molar-refractivity contribution in [2.45, 2.75) is 25.3 Å². The number of aromatic nitrogens is 2. The molecule has 0 radical (unpaired) electrons. The molecule has 68 valence electrons. The maximum atomic E-state index is 11.6. The molecule has 1 saturated carbocycles. The highest BCUT2D eigenvalue weighted by Crippen LogP contribution is 2.32. The molecule has 0 bridgehead atoms. The van der Waals surface area contributed by atoms with Gasteiger partial charge in [-0.1, -0.05) is 0 Å². The van der Waals surface area contributed by atoms with Gasteiger partial charge in [-0.25, -0.2) is 4.98 Å².